The zero-order valence-corrected chi connectivity index (χ0v) is 9.90. The quantitative estimate of drug-likeness (QED) is 0.597. The highest BCUT2D eigenvalue weighted by Crippen LogP contribution is 3.02. The van der Waals surface area contributed by atoms with Crippen LogP contribution in [0.1, 0.15) is 0 Å². The van der Waals surface area contributed by atoms with Gasteiger partial charge in [-0.3, -0.25) is 0 Å². The average Bonchev–Trinajstić information content (AvgIpc) is 1.96. The molecule has 0 saturated carbocycles. The molecule has 1 aromatic carbocycles. The first-order chi connectivity index (χ1) is 7.11. The Bertz CT molecular complexity index is 578. The maximum Gasteiger partial charge on any atom is 0.310 e. The minimum absolute atomic E-state index is 0.0326. The molecule has 100 valence electrons. The summed E-state index contributed by atoms with van der Waals surface area (Å²) in [4.78, 5) is -3.82. The van der Waals surface area contributed by atoms with E-state index in [0.29, 0.717) is 0 Å². The second kappa shape index (κ2) is 3.04. The molecular weight excluding hydrogens is 318 g/mol. The van der Waals surface area contributed by atoms with Crippen molar-refractivity contribution in [2.75, 3.05) is 0 Å². The van der Waals surface area contributed by atoms with Gasteiger partial charge < -0.3 is 0 Å². The molecule has 1 rings (SSSR count). The zero-order valence-electron chi connectivity index (χ0n) is 7.51. The molecule has 0 aliphatic carbocycles. The molecule has 0 unspecified atom stereocenters. The Morgan fingerprint density at radius 2 is 1.53 bits per heavy atom. The molecule has 0 radical (unpaired) electrons. The Labute approximate surface area is 96.3 Å². The molecule has 0 fully saturated rings. The summed E-state index contributed by atoms with van der Waals surface area (Å²) in [7, 11) is -9.99. The Morgan fingerprint density at radius 3 is 1.82 bits per heavy atom. The largest absolute Gasteiger partial charge is 0.310 e. The topological polar surface area (TPSA) is 34.1 Å². The third-order valence-electron chi connectivity index (χ3n) is 1.61. The molecule has 0 bridgehead atoms. The predicted octanol–water partition coefficient (Wildman–Crippen LogP) is 4.41. The van der Waals surface area contributed by atoms with Gasteiger partial charge >= 0.3 is 10.2 Å². The molecule has 0 atom stereocenters. The van der Waals surface area contributed by atoms with Gasteiger partial charge in [0.25, 0.3) is 9.05 Å². The fourth-order valence-electron chi connectivity index (χ4n) is 0.919. The first kappa shape index (κ1) is 14.5. The van der Waals surface area contributed by atoms with Gasteiger partial charge in [-0.2, -0.15) is 0 Å². The maximum absolute atomic E-state index is 12.9. The van der Waals surface area contributed by atoms with Gasteiger partial charge in [0.05, 0.1) is 0 Å². The monoisotopic (exact) mass is 320 g/mol. The van der Waals surface area contributed by atoms with Crippen molar-refractivity contribution >= 4 is 30.0 Å². The van der Waals surface area contributed by atoms with Crippen molar-refractivity contribution in [3.05, 3.63) is 24.0 Å². The summed E-state index contributed by atoms with van der Waals surface area (Å²) < 4.78 is 95.3. The van der Waals surface area contributed by atoms with Gasteiger partial charge in [0.15, 0.2) is 0 Å². The molecule has 0 aromatic heterocycles. The molecule has 17 heavy (non-hydrogen) atoms. The first-order valence-electron chi connectivity index (χ1n) is 3.59. The summed E-state index contributed by atoms with van der Waals surface area (Å²) in [5.41, 5.74) is 0. The first-order valence-corrected chi connectivity index (χ1v) is 7.86. The van der Waals surface area contributed by atoms with Gasteiger partial charge in [0.2, 0.25) is 0 Å². The van der Waals surface area contributed by atoms with E-state index in [0.717, 1.165) is 0 Å². The molecule has 0 spiro atoms. The van der Waals surface area contributed by atoms with E-state index >= 15 is 0 Å². The second-order valence-corrected chi connectivity index (χ2v) is 7.94. The van der Waals surface area contributed by atoms with E-state index in [4.69, 9.17) is 0 Å². The lowest BCUT2D eigenvalue weighted by atomic mass is 10.3. The summed E-state index contributed by atoms with van der Waals surface area (Å²) in [6, 6.07) is -0.804. The van der Waals surface area contributed by atoms with Crippen molar-refractivity contribution in [2.24, 2.45) is 0 Å². The van der Waals surface area contributed by atoms with Crippen LogP contribution in [0.3, 0.4) is 0 Å². The van der Waals surface area contributed by atoms with Crippen LogP contribution in [-0.2, 0) is 9.05 Å². The summed E-state index contributed by atoms with van der Waals surface area (Å²) >= 11 is 0. The number of hydrogen-bond acceptors (Lipinski definition) is 2. The van der Waals surface area contributed by atoms with Crippen molar-refractivity contribution in [2.45, 2.75) is 9.79 Å². The van der Waals surface area contributed by atoms with Crippen molar-refractivity contribution in [1.82, 2.24) is 0 Å². The third kappa shape index (κ3) is 3.42. The van der Waals surface area contributed by atoms with Crippen LogP contribution in [0.15, 0.2) is 28.0 Å². The van der Waals surface area contributed by atoms with Crippen LogP contribution >= 0.6 is 20.9 Å². The molecule has 11 heteroatoms. The highest BCUT2D eigenvalue weighted by molar-refractivity contribution is 8.45. The minimum atomic E-state index is -10.0. The molecule has 0 amide bonds. The number of halogens is 7. The van der Waals surface area contributed by atoms with Crippen molar-refractivity contribution in [3.8, 4) is 0 Å². The Balaban J connectivity index is 3.56. The van der Waals surface area contributed by atoms with Gasteiger partial charge in [0, 0.05) is 10.7 Å². The summed E-state index contributed by atoms with van der Waals surface area (Å²) in [6.45, 7) is 0. The van der Waals surface area contributed by atoms with Crippen LogP contribution in [0.4, 0.5) is 23.8 Å². The van der Waals surface area contributed by atoms with Crippen LogP contribution < -0.4 is 0 Å². The average molecular weight is 321 g/mol. The SMILES string of the molecule is O=S(=O)(Cl)c1ccc(S(F)(F)(F)(F)F)cc1F. The van der Waals surface area contributed by atoms with Gasteiger partial charge in [-0.05, 0) is 18.2 Å². The third-order valence-corrected chi connectivity index (χ3v) is 4.11. The summed E-state index contributed by atoms with van der Waals surface area (Å²) in [6.07, 6.45) is 0. The standard InChI is InChI=1S/C6H3ClF6O2S2/c7-16(14,15)6-2-1-4(3-5(6)8)17(9,10,11,12)13/h1-3H. The fourth-order valence-corrected chi connectivity index (χ4v) is 2.47. The summed E-state index contributed by atoms with van der Waals surface area (Å²) in [5.74, 6) is -1.99. The van der Waals surface area contributed by atoms with E-state index in [2.05, 4.69) is 10.7 Å². The second-order valence-electron chi connectivity index (χ2n) is 3.00. The molecule has 0 aliphatic heterocycles. The molecule has 1 aromatic rings. The van der Waals surface area contributed by atoms with Crippen LogP contribution in [0, 0.1) is 5.82 Å². The molecule has 0 saturated heterocycles. The summed E-state index contributed by atoms with van der Waals surface area (Å²) in [5, 5.41) is 0. The Hall–Kier alpha value is -0.610. The number of benzene rings is 1. The van der Waals surface area contributed by atoms with E-state index in [-0.39, 0.29) is 12.1 Å². The van der Waals surface area contributed by atoms with Crippen LogP contribution in [0.2, 0.25) is 0 Å². The predicted molar refractivity (Wildman–Crippen MR) is 50.8 cm³/mol. The van der Waals surface area contributed by atoms with E-state index < -0.39 is 40.9 Å². The van der Waals surface area contributed by atoms with Gasteiger partial charge in [-0.25, -0.2) is 12.8 Å². The Kier molecular flexibility index (Phi) is 2.58. The van der Waals surface area contributed by atoms with E-state index in [9.17, 15) is 32.2 Å². The van der Waals surface area contributed by atoms with Crippen molar-refractivity contribution in [3.63, 3.8) is 0 Å². The lowest BCUT2D eigenvalue weighted by Crippen LogP contribution is -2.07. The number of rotatable bonds is 2. The zero-order chi connectivity index (χ0) is 13.8. The lowest BCUT2D eigenvalue weighted by molar-refractivity contribution is 0.362. The molecule has 0 aliphatic rings. The van der Waals surface area contributed by atoms with Crippen molar-refractivity contribution < 1.29 is 32.2 Å². The fraction of sp³-hybridized carbons (Fsp3) is 0. The molecule has 0 heterocycles. The maximum atomic E-state index is 12.9. The lowest BCUT2D eigenvalue weighted by Gasteiger charge is -2.40. The Morgan fingerprint density at radius 1 is 1.06 bits per heavy atom. The number of hydrogen-bond donors (Lipinski definition) is 0. The van der Waals surface area contributed by atoms with Gasteiger partial charge in [-0.15, -0.1) is 0 Å². The highest BCUT2D eigenvalue weighted by Gasteiger charge is 2.65. The molecule has 0 N–H and O–H groups in total. The minimum Gasteiger partial charge on any atom is -0.207 e. The highest BCUT2D eigenvalue weighted by atomic mass is 35.7. The van der Waals surface area contributed by atoms with E-state index in [1.807, 2.05) is 0 Å². The van der Waals surface area contributed by atoms with E-state index in [1.165, 1.54) is 0 Å². The smallest absolute Gasteiger partial charge is 0.207 e. The van der Waals surface area contributed by atoms with Crippen LogP contribution in [-0.4, -0.2) is 8.42 Å². The molecular formula is C6H3ClF6O2S2. The molecule has 2 nitrogen and oxygen atoms in total. The van der Waals surface area contributed by atoms with Gasteiger partial charge in [0.1, 0.15) is 15.6 Å². The van der Waals surface area contributed by atoms with Gasteiger partial charge in [-0.1, -0.05) is 19.4 Å². The van der Waals surface area contributed by atoms with E-state index in [1.54, 1.807) is 0 Å². The normalized spacial score (nSPS) is 17.4. The van der Waals surface area contributed by atoms with Crippen LogP contribution in [0.25, 0.3) is 0 Å². The van der Waals surface area contributed by atoms with Crippen LogP contribution in [0.5, 0.6) is 0 Å². The van der Waals surface area contributed by atoms with Crippen molar-refractivity contribution in [1.29, 1.82) is 0 Å².